The number of nitrogens with zero attached hydrogens (tertiary/aromatic N) is 2. The van der Waals surface area contributed by atoms with E-state index in [1.54, 1.807) is 20.8 Å². The maximum absolute atomic E-state index is 13.0. The average molecular weight is 500 g/mol. The van der Waals surface area contributed by atoms with E-state index in [-0.39, 0.29) is 22.9 Å². The number of para-hydroxylation sites is 1. The molecule has 0 saturated carbocycles. The summed E-state index contributed by atoms with van der Waals surface area (Å²) in [6.07, 6.45) is 0. The fourth-order valence-electron chi connectivity index (χ4n) is 3.14. The molecule has 9 nitrogen and oxygen atoms in total. The fraction of sp³-hybridized carbons (Fsp3) is 0.360. The molecule has 0 bridgehead atoms. The molecule has 35 heavy (non-hydrogen) atoms. The van der Waals surface area contributed by atoms with Crippen LogP contribution in [0.25, 0.3) is 10.2 Å². The Morgan fingerprint density at radius 3 is 2.31 bits per heavy atom. The molecular weight excluding hydrogens is 470 g/mol. The number of rotatable bonds is 8. The number of methoxy groups -OCH3 is 2. The molecule has 3 rings (SSSR count). The zero-order valence-corrected chi connectivity index (χ0v) is 21.4. The van der Waals surface area contributed by atoms with Crippen LogP contribution in [0.4, 0.5) is 10.8 Å². The van der Waals surface area contributed by atoms with Crippen LogP contribution in [-0.4, -0.2) is 50.1 Å². The number of likely N-dealkylation sites (N-methyl/N-ethyl adjacent to an activating group) is 1. The summed E-state index contributed by atoms with van der Waals surface area (Å²) >= 11 is 1.39. The predicted octanol–water partition coefficient (Wildman–Crippen LogP) is 4.51. The molecule has 1 aromatic heterocycles. The van der Waals surface area contributed by atoms with Crippen molar-refractivity contribution in [1.82, 2.24) is 4.98 Å². The molecule has 0 radical (unpaired) electrons. The Kier molecular flexibility index (Phi) is 7.96. The van der Waals surface area contributed by atoms with Crippen LogP contribution in [0.1, 0.15) is 38.1 Å². The van der Waals surface area contributed by atoms with Crippen molar-refractivity contribution < 1.29 is 28.6 Å². The van der Waals surface area contributed by atoms with Gasteiger partial charge in [0.05, 0.1) is 35.7 Å². The van der Waals surface area contributed by atoms with E-state index in [0.717, 1.165) is 10.2 Å². The quantitative estimate of drug-likeness (QED) is 0.455. The Bertz CT molecular complexity index is 1210. The van der Waals surface area contributed by atoms with Gasteiger partial charge in [-0.1, -0.05) is 44.2 Å². The lowest BCUT2D eigenvalue weighted by molar-refractivity contribution is -0.123. The normalized spacial score (nSPS) is 11.1. The molecule has 186 valence electrons. The minimum absolute atomic E-state index is 0.0380. The third-order valence-corrected chi connectivity index (χ3v) is 6.19. The molecule has 1 N–H and O–H groups in total. The number of anilines is 2. The first-order valence-electron chi connectivity index (χ1n) is 11.0. The fourth-order valence-corrected chi connectivity index (χ4v) is 4.18. The molecule has 0 aliphatic heterocycles. The van der Waals surface area contributed by atoms with E-state index in [1.165, 1.54) is 42.6 Å². The van der Waals surface area contributed by atoms with Gasteiger partial charge in [-0.25, -0.2) is 9.78 Å². The number of esters is 1. The van der Waals surface area contributed by atoms with Gasteiger partial charge in [0.25, 0.3) is 5.91 Å². The van der Waals surface area contributed by atoms with Crippen molar-refractivity contribution in [3.63, 3.8) is 0 Å². The molecule has 0 saturated heterocycles. The molecule has 0 aliphatic carbocycles. The predicted molar refractivity (Wildman–Crippen MR) is 136 cm³/mol. The van der Waals surface area contributed by atoms with Crippen LogP contribution in [0.5, 0.6) is 11.5 Å². The molecule has 0 aliphatic rings. The second kappa shape index (κ2) is 10.7. The molecule has 2 aromatic carbocycles. The molecule has 0 unspecified atom stereocenters. The van der Waals surface area contributed by atoms with Gasteiger partial charge in [0.15, 0.2) is 23.2 Å². The zero-order valence-electron chi connectivity index (χ0n) is 20.6. The van der Waals surface area contributed by atoms with Crippen LogP contribution >= 0.6 is 11.3 Å². The average Bonchev–Trinajstić information content (AvgIpc) is 3.25. The number of benzene rings is 2. The van der Waals surface area contributed by atoms with Crippen molar-refractivity contribution >= 4 is 50.2 Å². The van der Waals surface area contributed by atoms with Crippen LogP contribution in [0.15, 0.2) is 36.4 Å². The van der Waals surface area contributed by atoms with E-state index in [4.69, 9.17) is 14.2 Å². The first kappa shape index (κ1) is 26.0. The summed E-state index contributed by atoms with van der Waals surface area (Å²) in [5.74, 6) is -0.895. The Hall–Kier alpha value is -3.66. The number of hydrogen-bond donors (Lipinski definition) is 1. The van der Waals surface area contributed by atoms with Crippen molar-refractivity contribution in [3.05, 3.63) is 42.0 Å². The molecule has 0 atom stereocenters. The van der Waals surface area contributed by atoms with Crippen LogP contribution in [0.3, 0.4) is 0 Å². The standard InChI is InChI=1S/C25H29N3O6S/c1-7-28(24-27-16-10-8-9-11-20(16)35-24)21(29)14-34-22(30)15-12-18(32-5)19(33-6)13-17(15)26-23(31)25(2,3)4/h8-13H,7,14H2,1-6H3,(H,26,31). The number of carbonyl (C=O) groups excluding carboxylic acids is 3. The highest BCUT2D eigenvalue weighted by Crippen LogP contribution is 2.35. The van der Waals surface area contributed by atoms with Gasteiger partial charge in [0.1, 0.15) is 0 Å². The van der Waals surface area contributed by atoms with E-state index in [2.05, 4.69) is 10.3 Å². The second-order valence-corrected chi connectivity index (χ2v) is 9.64. The third-order valence-electron chi connectivity index (χ3n) is 5.13. The van der Waals surface area contributed by atoms with Crippen LogP contribution in [-0.2, 0) is 14.3 Å². The van der Waals surface area contributed by atoms with Gasteiger partial charge in [0.2, 0.25) is 5.91 Å². The maximum Gasteiger partial charge on any atom is 0.340 e. The minimum atomic E-state index is -0.788. The van der Waals surface area contributed by atoms with Crippen molar-refractivity contribution in [2.45, 2.75) is 27.7 Å². The lowest BCUT2D eigenvalue weighted by Gasteiger charge is -2.21. The lowest BCUT2D eigenvalue weighted by Crippen LogP contribution is -2.34. The van der Waals surface area contributed by atoms with Crippen molar-refractivity contribution in [2.75, 3.05) is 37.6 Å². The Balaban J connectivity index is 1.82. The lowest BCUT2D eigenvalue weighted by atomic mass is 9.95. The van der Waals surface area contributed by atoms with Gasteiger partial charge < -0.3 is 19.5 Å². The third kappa shape index (κ3) is 5.89. The number of ether oxygens (including phenoxy) is 3. The summed E-state index contributed by atoms with van der Waals surface area (Å²) in [5, 5.41) is 3.27. The molecular formula is C25H29N3O6S. The van der Waals surface area contributed by atoms with Crippen molar-refractivity contribution in [3.8, 4) is 11.5 Å². The number of aromatic nitrogens is 1. The summed E-state index contributed by atoms with van der Waals surface area (Å²) in [6.45, 7) is 6.94. The van der Waals surface area contributed by atoms with Crippen molar-refractivity contribution in [2.24, 2.45) is 5.41 Å². The number of thiazole rings is 1. The minimum Gasteiger partial charge on any atom is -0.493 e. The first-order valence-corrected chi connectivity index (χ1v) is 11.8. The summed E-state index contributed by atoms with van der Waals surface area (Å²) in [7, 11) is 2.88. The van der Waals surface area contributed by atoms with E-state index in [0.29, 0.717) is 17.4 Å². The second-order valence-electron chi connectivity index (χ2n) is 8.64. The highest BCUT2D eigenvalue weighted by molar-refractivity contribution is 7.22. The smallest absolute Gasteiger partial charge is 0.340 e. The van der Waals surface area contributed by atoms with Gasteiger partial charge in [-0.2, -0.15) is 0 Å². The molecule has 3 aromatic rings. The monoisotopic (exact) mass is 499 g/mol. The van der Waals surface area contributed by atoms with Gasteiger partial charge >= 0.3 is 5.97 Å². The topological polar surface area (TPSA) is 107 Å². The largest absolute Gasteiger partial charge is 0.493 e. The van der Waals surface area contributed by atoms with Crippen LogP contribution in [0, 0.1) is 5.41 Å². The summed E-state index contributed by atoms with van der Waals surface area (Å²) in [6, 6.07) is 10.5. The highest BCUT2D eigenvalue weighted by Gasteiger charge is 2.26. The molecule has 0 spiro atoms. The number of carbonyl (C=O) groups is 3. The van der Waals surface area contributed by atoms with Crippen LogP contribution in [0.2, 0.25) is 0 Å². The Morgan fingerprint density at radius 1 is 1.06 bits per heavy atom. The van der Waals surface area contributed by atoms with E-state index in [1.807, 2.05) is 31.2 Å². The van der Waals surface area contributed by atoms with Crippen molar-refractivity contribution in [1.29, 1.82) is 0 Å². The maximum atomic E-state index is 13.0. The summed E-state index contributed by atoms with van der Waals surface area (Å²) < 4.78 is 16.9. The summed E-state index contributed by atoms with van der Waals surface area (Å²) in [4.78, 5) is 44.5. The Labute approximate surface area is 208 Å². The van der Waals surface area contributed by atoms with E-state index >= 15 is 0 Å². The first-order chi connectivity index (χ1) is 16.6. The SMILES string of the molecule is CCN(C(=O)COC(=O)c1cc(OC)c(OC)cc1NC(=O)C(C)(C)C)c1nc2ccccc2s1. The van der Waals surface area contributed by atoms with E-state index in [9.17, 15) is 14.4 Å². The number of amides is 2. The number of hydrogen-bond acceptors (Lipinski definition) is 8. The van der Waals surface area contributed by atoms with Gasteiger partial charge in [-0.15, -0.1) is 0 Å². The van der Waals surface area contributed by atoms with Crippen LogP contribution < -0.4 is 19.7 Å². The van der Waals surface area contributed by atoms with E-state index < -0.39 is 23.9 Å². The number of fused-ring (bicyclic) bond motifs is 1. The molecule has 2 amide bonds. The molecule has 10 heteroatoms. The van der Waals surface area contributed by atoms with Gasteiger partial charge in [0, 0.05) is 24.1 Å². The van der Waals surface area contributed by atoms with Gasteiger partial charge in [-0.05, 0) is 19.1 Å². The zero-order chi connectivity index (χ0) is 25.8. The molecule has 1 heterocycles. The Morgan fingerprint density at radius 2 is 1.71 bits per heavy atom. The summed E-state index contributed by atoms with van der Waals surface area (Å²) in [5.41, 5.74) is 0.318. The number of nitrogens with one attached hydrogen (secondary N) is 1. The molecule has 0 fully saturated rings. The highest BCUT2D eigenvalue weighted by atomic mass is 32.1. The van der Waals surface area contributed by atoms with Gasteiger partial charge in [-0.3, -0.25) is 14.5 Å².